The van der Waals surface area contributed by atoms with Crippen LogP contribution in [0.3, 0.4) is 0 Å². The van der Waals surface area contributed by atoms with Crippen LogP contribution >= 0.6 is 11.3 Å². The van der Waals surface area contributed by atoms with Gasteiger partial charge in [-0.2, -0.15) is 0 Å². The molecule has 0 saturated heterocycles. The molecular formula is C31H32N6O3S. The number of unbranched alkanes of at least 4 members (excludes halogenated alkanes) is 2. The first-order valence-electron chi connectivity index (χ1n) is 13.5. The first kappa shape index (κ1) is 27.9. The number of oxime groups is 1. The van der Waals surface area contributed by atoms with Crippen molar-refractivity contribution in [1.82, 2.24) is 19.9 Å². The van der Waals surface area contributed by atoms with Gasteiger partial charge in [-0.05, 0) is 86.3 Å². The normalized spacial score (nSPS) is 11.5. The van der Waals surface area contributed by atoms with E-state index in [9.17, 15) is 0 Å². The first-order valence-corrected chi connectivity index (χ1v) is 14.3. The number of hydrogen-bond acceptors (Lipinski definition) is 8. The predicted molar refractivity (Wildman–Crippen MR) is 161 cm³/mol. The third-order valence-corrected chi connectivity index (χ3v) is 7.63. The molecule has 0 bridgehead atoms. The van der Waals surface area contributed by atoms with Crippen molar-refractivity contribution in [3.8, 4) is 33.3 Å². The summed E-state index contributed by atoms with van der Waals surface area (Å²) in [6, 6.07) is 19.3. The minimum absolute atomic E-state index is 0.0788. The molecule has 0 radical (unpaired) electrons. The smallest absolute Gasteiger partial charge is 0.170 e. The Labute approximate surface area is 242 Å². The van der Waals surface area contributed by atoms with E-state index in [1.807, 2.05) is 48.8 Å². The molecule has 0 amide bonds. The molecule has 210 valence electrons. The molecule has 4 N–H and O–H groups in total. The summed E-state index contributed by atoms with van der Waals surface area (Å²) in [6.45, 7) is 1.26. The van der Waals surface area contributed by atoms with Crippen molar-refractivity contribution in [1.29, 1.82) is 0 Å². The average molecular weight is 569 g/mol. The third-order valence-electron chi connectivity index (χ3n) is 6.46. The SMILES string of the molecule is NC(=NO)c1ccc(OCCCCCOc2ccc(-c3nc(-c4cccnc4)sc3CCc3ncc[nH]3)cc2)cc1. The van der Waals surface area contributed by atoms with Crippen LogP contribution in [0.25, 0.3) is 21.8 Å². The molecule has 2 aromatic carbocycles. The fraction of sp³-hybridized carbons (Fsp3) is 0.226. The molecule has 41 heavy (non-hydrogen) atoms. The molecule has 0 saturated carbocycles. The second-order valence-corrected chi connectivity index (χ2v) is 10.4. The Kier molecular flexibility index (Phi) is 9.57. The number of pyridine rings is 1. The second-order valence-electron chi connectivity index (χ2n) is 9.36. The van der Waals surface area contributed by atoms with Crippen LogP contribution in [-0.4, -0.2) is 44.2 Å². The van der Waals surface area contributed by atoms with Gasteiger partial charge in [0.2, 0.25) is 0 Å². The molecule has 10 heteroatoms. The number of amidine groups is 1. The van der Waals surface area contributed by atoms with Gasteiger partial charge < -0.3 is 25.4 Å². The Bertz CT molecular complexity index is 1520. The molecule has 0 aliphatic carbocycles. The van der Waals surface area contributed by atoms with E-state index in [-0.39, 0.29) is 5.84 Å². The highest BCUT2D eigenvalue weighted by molar-refractivity contribution is 7.15. The summed E-state index contributed by atoms with van der Waals surface area (Å²) in [6.07, 6.45) is 11.8. The Balaban J connectivity index is 1.10. The molecule has 0 aliphatic heterocycles. The maximum absolute atomic E-state index is 8.74. The molecular weight excluding hydrogens is 536 g/mol. The third kappa shape index (κ3) is 7.70. The molecule has 3 heterocycles. The van der Waals surface area contributed by atoms with Gasteiger partial charge in [0.05, 0.1) is 18.9 Å². The number of imidazole rings is 1. The number of nitrogens with two attached hydrogens (primary N) is 1. The number of rotatable bonds is 14. The maximum atomic E-state index is 8.74. The summed E-state index contributed by atoms with van der Waals surface area (Å²) in [7, 11) is 0. The van der Waals surface area contributed by atoms with Crippen LogP contribution in [-0.2, 0) is 12.8 Å². The quantitative estimate of drug-likeness (QED) is 0.0485. The monoisotopic (exact) mass is 568 g/mol. The van der Waals surface area contributed by atoms with Gasteiger partial charge in [0, 0.05) is 52.8 Å². The van der Waals surface area contributed by atoms with Gasteiger partial charge in [0.15, 0.2) is 5.84 Å². The molecule has 5 aromatic rings. The number of H-pyrrole nitrogens is 1. The van der Waals surface area contributed by atoms with Crippen molar-refractivity contribution in [3.05, 3.63) is 102 Å². The Morgan fingerprint density at radius 3 is 2.24 bits per heavy atom. The van der Waals surface area contributed by atoms with Gasteiger partial charge in [0.25, 0.3) is 0 Å². The van der Waals surface area contributed by atoms with E-state index in [0.717, 1.165) is 71.3 Å². The van der Waals surface area contributed by atoms with E-state index < -0.39 is 0 Å². The number of nitrogens with one attached hydrogen (secondary N) is 1. The van der Waals surface area contributed by atoms with E-state index in [4.69, 9.17) is 25.4 Å². The molecule has 0 spiro atoms. The number of thiazole rings is 1. The molecule has 0 fully saturated rings. The lowest BCUT2D eigenvalue weighted by atomic mass is 10.1. The summed E-state index contributed by atoms with van der Waals surface area (Å²) >= 11 is 1.70. The van der Waals surface area contributed by atoms with Crippen LogP contribution in [0.1, 0.15) is 35.5 Å². The predicted octanol–water partition coefficient (Wildman–Crippen LogP) is 6.10. The fourth-order valence-electron chi connectivity index (χ4n) is 4.28. The fourth-order valence-corrected chi connectivity index (χ4v) is 5.35. The zero-order valence-corrected chi connectivity index (χ0v) is 23.4. The van der Waals surface area contributed by atoms with Crippen LogP contribution in [0.15, 0.2) is 90.6 Å². The van der Waals surface area contributed by atoms with E-state index >= 15 is 0 Å². The Morgan fingerprint density at radius 1 is 0.878 bits per heavy atom. The molecule has 5 rings (SSSR count). The number of benzene rings is 2. The second kappa shape index (κ2) is 14.1. The van der Waals surface area contributed by atoms with Gasteiger partial charge in [-0.15, -0.1) is 11.3 Å². The van der Waals surface area contributed by atoms with Crippen LogP contribution in [0.5, 0.6) is 11.5 Å². The Hall–Kier alpha value is -4.70. The van der Waals surface area contributed by atoms with Crippen molar-refractivity contribution in [2.45, 2.75) is 32.1 Å². The molecule has 9 nitrogen and oxygen atoms in total. The van der Waals surface area contributed by atoms with Crippen LogP contribution < -0.4 is 15.2 Å². The van der Waals surface area contributed by atoms with E-state index in [0.29, 0.717) is 18.8 Å². The highest BCUT2D eigenvalue weighted by Crippen LogP contribution is 2.35. The van der Waals surface area contributed by atoms with Gasteiger partial charge in [0.1, 0.15) is 22.3 Å². The van der Waals surface area contributed by atoms with Crippen LogP contribution in [0, 0.1) is 0 Å². The minimum atomic E-state index is 0.0788. The zero-order valence-electron chi connectivity index (χ0n) is 22.6. The summed E-state index contributed by atoms with van der Waals surface area (Å²) in [5, 5.41) is 12.7. The van der Waals surface area contributed by atoms with Crippen LogP contribution in [0.2, 0.25) is 0 Å². The van der Waals surface area contributed by atoms with Crippen molar-refractivity contribution < 1.29 is 14.7 Å². The Morgan fingerprint density at radius 2 is 1.61 bits per heavy atom. The van der Waals surface area contributed by atoms with Gasteiger partial charge in [-0.25, -0.2) is 9.97 Å². The summed E-state index contributed by atoms with van der Waals surface area (Å²) in [4.78, 5) is 18.0. The van der Waals surface area contributed by atoms with Crippen molar-refractivity contribution in [2.24, 2.45) is 10.9 Å². The topological polar surface area (TPSA) is 132 Å². The first-order chi connectivity index (χ1) is 20.2. The van der Waals surface area contributed by atoms with E-state index in [2.05, 4.69) is 32.2 Å². The average Bonchev–Trinajstić information content (AvgIpc) is 3.71. The highest BCUT2D eigenvalue weighted by Gasteiger charge is 2.15. The lowest BCUT2D eigenvalue weighted by Crippen LogP contribution is -2.12. The highest BCUT2D eigenvalue weighted by atomic mass is 32.1. The standard InChI is InChI=1S/C31H32N6O3S/c32-30(37-38)23-8-12-26(13-9-23)40-20-3-1-2-19-39-25-10-6-22(7-11-25)29-27(14-15-28-34-17-18-35-28)41-31(36-29)24-5-4-16-33-21-24/h4-13,16-18,21,38H,1-3,14-15,19-20H2,(H2,32,37)(H,34,35). The van der Waals surface area contributed by atoms with Crippen molar-refractivity contribution in [2.75, 3.05) is 13.2 Å². The largest absolute Gasteiger partial charge is 0.494 e. The zero-order chi connectivity index (χ0) is 28.3. The summed E-state index contributed by atoms with van der Waals surface area (Å²) in [5.41, 5.74) is 9.31. The summed E-state index contributed by atoms with van der Waals surface area (Å²) in [5.74, 6) is 2.65. The van der Waals surface area contributed by atoms with Gasteiger partial charge in [-0.3, -0.25) is 4.98 Å². The molecule has 0 unspecified atom stereocenters. The molecule has 3 aromatic heterocycles. The number of nitrogens with zero attached hydrogens (tertiary/aromatic N) is 4. The van der Waals surface area contributed by atoms with E-state index in [1.165, 1.54) is 4.88 Å². The minimum Gasteiger partial charge on any atom is -0.494 e. The van der Waals surface area contributed by atoms with Gasteiger partial charge >= 0.3 is 0 Å². The molecule has 0 atom stereocenters. The number of aromatic amines is 1. The van der Waals surface area contributed by atoms with Crippen LogP contribution in [0.4, 0.5) is 0 Å². The molecule has 0 aliphatic rings. The van der Waals surface area contributed by atoms with Crippen molar-refractivity contribution >= 4 is 17.2 Å². The van der Waals surface area contributed by atoms with Gasteiger partial charge in [-0.1, -0.05) is 5.16 Å². The lowest BCUT2D eigenvalue weighted by molar-refractivity contribution is 0.279. The van der Waals surface area contributed by atoms with Crippen molar-refractivity contribution in [3.63, 3.8) is 0 Å². The number of hydrogen-bond donors (Lipinski definition) is 3. The number of aromatic nitrogens is 4. The number of ether oxygens (including phenoxy) is 2. The lowest BCUT2D eigenvalue weighted by Gasteiger charge is -2.09. The van der Waals surface area contributed by atoms with E-state index in [1.54, 1.807) is 35.9 Å². The summed E-state index contributed by atoms with van der Waals surface area (Å²) < 4.78 is 11.8. The number of aryl methyl sites for hydroxylation is 2. The maximum Gasteiger partial charge on any atom is 0.170 e.